The van der Waals surface area contributed by atoms with Gasteiger partial charge in [0.25, 0.3) is 0 Å². The molecule has 0 bridgehead atoms. The van der Waals surface area contributed by atoms with Crippen molar-refractivity contribution in [2.75, 3.05) is 17.1 Å². The Morgan fingerprint density at radius 2 is 1.89 bits per heavy atom. The molecule has 0 saturated carbocycles. The van der Waals surface area contributed by atoms with E-state index in [-0.39, 0.29) is 18.3 Å². The minimum atomic E-state index is -3.32. The minimum absolute atomic E-state index is 0.0259. The number of anilines is 1. The molecule has 1 aromatic rings. The van der Waals surface area contributed by atoms with E-state index in [9.17, 15) is 8.42 Å². The number of para-hydroxylation sites is 1. The lowest BCUT2D eigenvalue weighted by Crippen LogP contribution is -2.18. The number of hydrogen-bond donors (Lipinski definition) is 2. The summed E-state index contributed by atoms with van der Waals surface area (Å²) in [6, 6.07) is 7.42. The van der Waals surface area contributed by atoms with Gasteiger partial charge in [0.15, 0.2) is 0 Å². The number of aliphatic hydroxyl groups excluding tert-OH is 1. The van der Waals surface area contributed by atoms with Gasteiger partial charge in [-0.15, -0.1) is 0 Å². The second-order valence-electron chi connectivity index (χ2n) is 4.59. The van der Waals surface area contributed by atoms with Crippen LogP contribution in [0, 0.1) is 0 Å². The van der Waals surface area contributed by atoms with Crippen LogP contribution < -0.4 is 4.72 Å². The van der Waals surface area contributed by atoms with Gasteiger partial charge in [0.2, 0.25) is 10.0 Å². The summed E-state index contributed by atoms with van der Waals surface area (Å²) in [6.07, 6.45) is 0.975. The Hall–Kier alpha value is -1.07. The van der Waals surface area contributed by atoms with E-state index in [1.807, 2.05) is 32.0 Å². The number of sulfonamides is 1. The zero-order chi connectivity index (χ0) is 13.6. The van der Waals surface area contributed by atoms with E-state index >= 15 is 0 Å². The number of hydrogen-bond acceptors (Lipinski definition) is 3. The molecule has 0 fully saturated rings. The van der Waals surface area contributed by atoms with Gasteiger partial charge in [-0.2, -0.15) is 0 Å². The lowest BCUT2D eigenvalue weighted by Gasteiger charge is -2.14. The van der Waals surface area contributed by atoms with E-state index in [2.05, 4.69) is 4.72 Å². The lowest BCUT2D eigenvalue weighted by molar-refractivity contribution is 0.287. The molecular formula is C13H21NO3S. The molecule has 2 N–H and O–H groups in total. The Labute approximate surface area is 109 Å². The molecule has 0 saturated heterocycles. The van der Waals surface area contributed by atoms with E-state index in [1.165, 1.54) is 0 Å². The maximum absolute atomic E-state index is 11.9. The number of benzene rings is 1. The maximum Gasteiger partial charge on any atom is 0.232 e. The Morgan fingerprint density at radius 3 is 2.50 bits per heavy atom. The van der Waals surface area contributed by atoms with Gasteiger partial charge in [0.05, 0.1) is 11.4 Å². The SMILES string of the molecule is CC(C)c1ccccc1NS(=O)(=O)CCCCO. The van der Waals surface area contributed by atoms with Crippen LogP contribution >= 0.6 is 0 Å². The first-order chi connectivity index (χ1) is 8.46. The smallest absolute Gasteiger partial charge is 0.232 e. The quantitative estimate of drug-likeness (QED) is 0.748. The van der Waals surface area contributed by atoms with Crippen molar-refractivity contribution in [2.45, 2.75) is 32.6 Å². The number of rotatable bonds is 7. The van der Waals surface area contributed by atoms with Crippen LogP contribution in [0.3, 0.4) is 0 Å². The summed E-state index contributed by atoms with van der Waals surface area (Å²) in [4.78, 5) is 0. The zero-order valence-electron chi connectivity index (χ0n) is 10.9. The van der Waals surface area contributed by atoms with Crippen LogP contribution in [0.15, 0.2) is 24.3 Å². The summed E-state index contributed by atoms with van der Waals surface area (Å²) in [7, 11) is -3.32. The van der Waals surface area contributed by atoms with Crippen LogP contribution in [-0.4, -0.2) is 25.9 Å². The molecule has 5 heteroatoms. The van der Waals surface area contributed by atoms with Gasteiger partial charge in [0, 0.05) is 6.61 Å². The van der Waals surface area contributed by atoms with Gasteiger partial charge >= 0.3 is 0 Å². The van der Waals surface area contributed by atoms with Crippen LogP contribution in [0.5, 0.6) is 0 Å². The Balaban J connectivity index is 2.78. The summed E-state index contributed by atoms with van der Waals surface area (Å²) < 4.78 is 26.3. The van der Waals surface area contributed by atoms with E-state index < -0.39 is 10.0 Å². The average Bonchev–Trinajstić information content (AvgIpc) is 2.29. The molecule has 0 aliphatic carbocycles. The third-order valence-corrected chi connectivity index (χ3v) is 4.03. The summed E-state index contributed by atoms with van der Waals surface area (Å²) in [5, 5.41) is 8.65. The van der Waals surface area contributed by atoms with Crippen molar-refractivity contribution in [2.24, 2.45) is 0 Å². The molecule has 0 aliphatic heterocycles. The highest BCUT2D eigenvalue weighted by Gasteiger charge is 2.13. The molecule has 102 valence electrons. The molecule has 0 atom stereocenters. The predicted molar refractivity (Wildman–Crippen MR) is 74.3 cm³/mol. The highest BCUT2D eigenvalue weighted by atomic mass is 32.2. The molecule has 0 radical (unpaired) electrons. The summed E-state index contributed by atoms with van der Waals surface area (Å²) >= 11 is 0. The minimum Gasteiger partial charge on any atom is -0.396 e. The monoisotopic (exact) mass is 271 g/mol. The van der Waals surface area contributed by atoms with Gasteiger partial charge in [0.1, 0.15) is 0 Å². The normalized spacial score (nSPS) is 11.8. The van der Waals surface area contributed by atoms with Crippen molar-refractivity contribution < 1.29 is 13.5 Å². The highest BCUT2D eigenvalue weighted by Crippen LogP contribution is 2.24. The number of aliphatic hydroxyl groups is 1. The summed E-state index contributed by atoms with van der Waals surface area (Å²) in [5.74, 6) is 0.307. The van der Waals surface area contributed by atoms with E-state index in [0.717, 1.165) is 5.56 Å². The molecule has 18 heavy (non-hydrogen) atoms. The van der Waals surface area contributed by atoms with Gasteiger partial charge in [-0.3, -0.25) is 4.72 Å². The Bertz CT molecular complexity index is 469. The summed E-state index contributed by atoms with van der Waals surface area (Å²) in [6.45, 7) is 4.08. The largest absolute Gasteiger partial charge is 0.396 e. The van der Waals surface area contributed by atoms with Gasteiger partial charge in [-0.05, 0) is 30.4 Å². The fourth-order valence-electron chi connectivity index (χ4n) is 1.72. The molecule has 4 nitrogen and oxygen atoms in total. The third-order valence-electron chi connectivity index (χ3n) is 2.67. The predicted octanol–water partition coefficient (Wildman–Crippen LogP) is 2.32. The van der Waals surface area contributed by atoms with Crippen molar-refractivity contribution in [3.8, 4) is 0 Å². The molecule has 0 heterocycles. The van der Waals surface area contributed by atoms with E-state index in [4.69, 9.17) is 5.11 Å². The van der Waals surface area contributed by atoms with E-state index in [1.54, 1.807) is 6.07 Å². The summed E-state index contributed by atoms with van der Waals surface area (Å²) in [5.41, 5.74) is 1.64. The van der Waals surface area contributed by atoms with Crippen molar-refractivity contribution in [1.29, 1.82) is 0 Å². The van der Waals surface area contributed by atoms with Gasteiger partial charge in [-0.1, -0.05) is 32.0 Å². The van der Waals surface area contributed by atoms with Crippen molar-refractivity contribution >= 4 is 15.7 Å². The Morgan fingerprint density at radius 1 is 1.22 bits per heavy atom. The van der Waals surface area contributed by atoms with E-state index in [0.29, 0.717) is 18.5 Å². The molecule has 1 rings (SSSR count). The first-order valence-electron chi connectivity index (χ1n) is 6.16. The standard InChI is InChI=1S/C13H21NO3S/c1-11(2)12-7-3-4-8-13(12)14-18(16,17)10-6-5-9-15/h3-4,7-8,11,14-15H,5-6,9-10H2,1-2H3. The number of nitrogens with one attached hydrogen (secondary N) is 1. The highest BCUT2D eigenvalue weighted by molar-refractivity contribution is 7.92. The van der Waals surface area contributed by atoms with Gasteiger partial charge < -0.3 is 5.11 Å². The molecule has 1 aromatic carbocycles. The topological polar surface area (TPSA) is 66.4 Å². The van der Waals surface area contributed by atoms with Crippen molar-refractivity contribution in [3.63, 3.8) is 0 Å². The first kappa shape index (κ1) is 15.0. The van der Waals surface area contributed by atoms with Crippen LogP contribution in [0.2, 0.25) is 0 Å². The maximum atomic E-state index is 11.9. The first-order valence-corrected chi connectivity index (χ1v) is 7.82. The molecule has 0 aliphatic rings. The van der Waals surface area contributed by atoms with Crippen LogP contribution in [-0.2, 0) is 10.0 Å². The van der Waals surface area contributed by atoms with Crippen molar-refractivity contribution in [3.05, 3.63) is 29.8 Å². The molecule has 0 spiro atoms. The lowest BCUT2D eigenvalue weighted by atomic mass is 10.0. The van der Waals surface area contributed by atoms with Crippen LogP contribution in [0.1, 0.15) is 38.2 Å². The van der Waals surface area contributed by atoms with Gasteiger partial charge in [-0.25, -0.2) is 8.42 Å². The molecule has 0 aromatic heterocycles. The average molecular weight is 271 g/mol. The molecule has 0 amide bonds. The number of unbranched alkanes of at least 4 members (excludes halogenated alkanes) is 1. The van der Waals surface area contributed by atoms with Crippen LogP contribution in [0.25, 0.3) is 0 Å². The second kappa shape index (κ2) is 6.75. The Kier molecular flexibility index (Phi) is 5.62. The molecule has 0 unspecified atom stereocenters. The fraction of sp³-hybridized carbons (Fsp3) is 0.538. The fourth-order valence-corrected chi connectivity index (χ4v) is 2.92. The molecular weight excluding hydrogens is 250 g/mol. The van der Waals surface area contributed by atoms with Crippen LogP contribution in [0.4, 0.5) is 5.69 Å². The zero-order valence-corrected chi connectivity index (χ0v) is 11.7. The third kappa shape index (κ3) is 4.66. The van der Waals surface area contributed by atoms with Crippen molar-refractivity contribution in [1.82, 2.24) is 0 Å². The second-order valence-corrected chi connectivity index (χ2v) is 6.44.